The minimum atomic E-state index is -0.959. The number of carbonyl (C=O) groups is 4. The monoisotopic (exact) mass is 511 g/mol. The Hall–Kier alpha value is -2.82. The Balaban J connectivity index is 1.04. The summed E-state index contributed by atoms with van der Waals surface area (Å²) in [5.74, 6) is -0.598. The van der Waals surface area contributed by atoms with Gasteiger partial charge in [0.05, 0.1) is 17.7 Å². The zero-order valence-corrected chi connectivity index (χ0v) is 21.4. The highest BCUT2D eigenvalue weighted by atomic mass is 16.5. The summed E-state index contributed by atoms with van der Waals surface area (Å²) in [4.78, 5) is 55.5. The van der Waals surface area contributed by atoms with Gasteiger partial charge in [-0.3, -0.25) is 29.4 Å². The number of benzene rings is 1. The van der Waals surface area contributed by atoms with E-state index in [1.165, 1.54) is 38.9 Å². The number of fused-ring (bicyclic) bond motifs is 1. The third-order valence-corrected chi connectivity index (χ3v) is 8.08. The van der Waals surface area contributed by atoms with Gasteiger partial charge in [-0.1, -0.05) is 0 Å². The highest BCUT2D eigenvalue weighted by Crippen LogP contribution is 2.30. The number of ether oxygens (including phenoxy) is 1. The first-order valence-corrected chi connectivity index (χ1v) is 13.6. The van der Waals surface area contributed by atoms with E-state index in [2.05, 4.69) is 20.4 Å². The quantitative estimate of drug-likeness (QED) is 0.371. The number of piperidine rings is 2. The zero-order chi connectivity index (χ0) is 25.8. The highest BCUT2D eigenvalue weighted by Gasteiger charge is 2.44. The van der Waals surface area contributed by atoms with Crippen molar-refractivity contribution in [2.75, 3.05) is 59.0 Å². The van der Waals surface area contributed by atoms with E-state index in [1.54, 1.807) is 18.2 Å². The van der Waals surface area contributed by atoms with Crippen molar-refractivity contribution < 1.29 is 23.9 Å². The van der Waals surface area contributed by atoms with E-state index < -0.39 is 23.8 Å². The molecule has 10 heteroatoms. The third-order valence-electron chi connectivity index (χ3n) is 8.08. The molecular weight excluding hydrogens is 474 g/mol. The molecule has 1 atom stereocenters. The maximum Gasteiger partial charge on any atom is 0.262 e. The molecule has 1 unspecified atom stereocenters. The van der Waals surface area contributed by atoms with Crippen molar-refractivity contribution in [3.05, 3.63) is 29.3 Å². The Morgan fingerprint density at radius 2 is 1.57 bits per heavy atom. The lowest BCUT2D eigenvalue weighted by molar-refractivity contribution is -0.136. The third kappa shape index (κ3) is 6.02. The molecule has 0 spiro atoms. The molecule has 3 fully saturated rings. The Morgan fingerprint density at radius 3 is 2.30 bits per heavy atom. The molecule has 0 aliphatic carbocycles. The van der Waals surface area contributed by atoms with Crippen LogP contribution in [0.25, 0.3) is 0 Å². The summed E-state index contributed by atoms with van der Waals surface area (Å²) in [7, 11) is 0. The topological polar surface area (TPSA) is 111 Å². The van der Waals surface area contributed by atoms with E-state index in [9.17, 15) is 19.2 Å². The molecule has 37 heavy (non-hydrogen) atoms. The number of amides is 4. The number of hydrogen-bond acceptors (Lipinski definition) is 8. The van der Waals surface area contributed by atoms with Gasteiger partial charge >= 0.3 is 0 Å². The molecule has 0 bridgehead atoms. The summed E-state index contributed by atoms with van der Waals surface area (Å²) < 4.78 is 5.90. The van der Waals surface area contributed by atoms with E-state index in [1.807, 2.05) is 0 Å². The Morgan fingerprint density at radius 1 is 0.865 bits per heavy atom. The van der Waals surface area contributed by atoms with Gasteiger partial charge in [0.1, 0.15) is 11.8 Å². The minimum absolute atomic E-state index is 0.103. The van der Waals surface area contributed by atoms with Crippen LogP contribution in [0.2, 0.25) is 0 Å². The second-order valence-corrected chi connectivity index (χ2v) is 10.5. The molecule has 2 N–H and O–H groups in total. The van der Waals surface area contributed by atoms with Crippen molar-refractivity contribution in [2.45, 2.75) is 44.6 Å². The van der Waals surface area contributed by atoms with Crippen molar-refractivity contribution in [1.29, 1.82) is 0 Å². The second-order valence-electron chi connectivity index (χ2n) is 10.5. The van der Waals surface area contributed by atoms with Crippen LogP contribution >= 0.6 is 0 Å². The van der Waals surface area contributed by atoms with Crippen LogP contribution in [0.4, 0.5) is 0 Å². The predicted molar refractivity (Wildman–Crippen MR) is 136 cm³/mol. The Kier molecular flexibility index (Phi) is 8.17. The molecule has 3 saturated heterocycles. The number of piperazine rings is 1. The Bertz CT molecular complexity index is 1030. The fourth-order valence-electron chi connectivity index (χ4n) is 5.79. The number of rotatable bonds is 9. The van der Waals surface area contributed by atoms with Gasteiger partial charge in [0, 0.05) is 39.1 Å². The maximum absolute atomic E-state index is 13.0. The van der Waals surface area contributed by atoms with Crippen LogP contribution in [-0.4, -0.2) is 103 Å². The van der Waals surface area contributed by atoms with Crippen LogP contribution in [0.15, 0.2) is 18.2 Å². The summed E-state index contributed by atoms with van der Waals surface area (Å²) in [5, 5.41) is 5.65. The number of nitrogens with one attached hydrogen (secondary N) is 2. The van der Waals surface area contributed by atoms with E-state index >= 15 is 0 Å². The molecule has 4 aliphatic heterocycles. The number of hydrogen-bond donors (Lipinski definition) is 2. The fourth-order valence-corrected chi connectivity index (χ4v) is 5.79. The molecule has 0 aromatic heterocycles. The van der Waals surface area contributed by atoms with Gasteiger partial charge in [0.25, 0.3) is 11.8 Å². The summed E-state index contributed by atoms with van der Waals surface area (Å²) in [5.41, 5.74) is 0.507. The number of nitrogens with zero attached hydrogens (tertiary/aromatic N) is 3. The SMILES string of the molecule is O=C1CCC(N2C(=O)c3ccc(OCCCN4CCN(CCC5CCNCC5)CC4)cc3C2=O)C(=O)N1. The molecule has 200 valence electrons. The van der Waals surface area contributed by atoms with Crippen LogP contribution in [0, 0.1) is 5.92 Å². The van der Waals surface area contributed by atoms with Crippen molar-refractivity contribution in [1.82, 2.24) is 25.3 Å². The van der Waals surface area contributed by atoms with Crippen molar-refractivity contribution in [2.24, 2.45) is 5.92 Å². The van der Waals surface area contributed by atoms with Gasteiger partial charge in [-0.05, 0) is 75.9 Å². The lowest BCUT2D eigenvalue weighted by Gasteiger charge is -2.35. The van der Waals surface area contributed by atoms with E-state index in [-0.39, 0.29) is 29.9 Å². The smallest absolute Gasteiger partial charge is 0.262 e. The molecule has 4 amide bonds. The fraction of sp³-hybridized carbons (Fsp3) is 0.630. The predicted octanol–water partition coefficient (Wildman–Crippen LogP) is 0.864. The molecule has 1 aromatic rings. The molecule has 4 heterocycles. The molecule has 10 nitrogen and oxygen atoms in total. The maximum atomic E-state index is 13.0. The first kappa shape index (κ1) is 25.8. The number of carbonyl (C=O) groups excluding carboxylic acids is 4. The molecule has 0 radical (unpaired) electrons. The summed E-state index contributed by atoms with van der Waals surface area (Å²) >= 11 is 0. The standard InChI is InChI=1S/C27H37N5O5/c33-24-5-4-23(25(34)29-24)32-26(35)21-3-2-20(18-22(21)27(32)36)37-17-1-11-30-13-15-31(16-14-30)12-8-19-6-9-28-10-7-19/h2-3,18-19,23,28H,1,4-17H2,(H,29,33,34). The normalized spacial score (nSPS) is 23.9. The molecule has 5 rings (SSSR count). The van der Waals surface area contributed by atoms with Gasteiger partial charge < -0.3 is 19.9 Å². The second kappa shape index (κ2) is 11.7. The molecule has 0 saturated carbocycles. The average molecular weight is 512 g/mol. The zero-order valence-electron chi connectivity index (χ0n) is 21.4. The first-order valence-electron chi connectivity index (χ1n) is 13.6. The minimum Gasteiger partial charge on any atom is -0.494 e. The van der Waals surface area contributed by atoms with Gasteiger partial charge in [-0.15, -0.1) is 0 Å². The van der Waals surface area contributed by atoms with Crippen molar-refractivity contribution in [3.8, 4) is 5.75 Å². The van der Waals surface area contributed by atoms with E-state index in [0.717, 1.165) is 50.0 Å². The molecular formula is C27H37N5O5. The summed E-state index contributed by atoms with van der Waals surface area (Å²) in [6, 6.07) is 3.90. The van der Waals surface area contributed by atoms with E-state index in [0.29, 0.717) is 12.4 Å². The highest BCUT2D eigenvalue weighted by molar-refractivity contribution is 6.23. The lowest BCUT2D eigenvalue weighted by Crippen LogP contribution is -2.54. The average Bonchev–Trinajstić information content (AvgIpc) is 3.16. The van der Waals surface area contributed by atoms with Gasteiger partial charge in [-0.25, -0.2) is 0 Å². The van der Waals surface area contributed by atoms with Crippen LogP contribution in [0.1, 0.15) is 59.2 Å². The summed E-state index contributed by atoms with van der Waals surface area (Å²) in [6.45, 7) is 9.44. The van der Waals surface area contributed by atoms with Crippen LogP contribution in [0.3, 0.4) is 0 Å². The summed E-state index contributed by atoms with van der Waals surface area (Å²) in [6.07, 6.45) is 5.06. The van der Waals surface area contributed by atoms with Crippen molar-refractivity contribution >= 4 is 23.6 Å². The largest absolute Gasteiger partial charge is 0.494 e. The van der Waals surface area contributed by atoms with Crippen LogP contribution < -0.4 is 15.4 Å². The molecule has 4 aliphatic rings. The first-order chi connectivity index (χ1) is 18.0. The molecule has 1 aromatic carbocycles. The van der Waals surface area contributed by atoms with E-state index in [4.69, 9.17) is 4.74 Å². The van der Waals surface area contributed by atoms with Gasteiger partial charge in [0.15, 0.2) is 0 Å². The van der Waals surface area contributed by atoms with Gasteiger partial charge in [-0.2, -0.15) is 0 Å². The van der Waals surface area contributed by atoms with Crippen LogP contribution in [-0.2, 0) is 9.59 Å². The van der Waals surface area contributed by atoms with Gasteiger partial charge in [0.2, 0.25) is 11.8 Å². The van der Waals surface area contributed by atoms with Crippen LogP contribution in [0.5, 0.6) is 5.75 Å². The number of imide groups is 2. The Labute approximate surface area is 217 Å². The lowest BCUT2D eigenvalue weighted by atomic mass is 9.94. The van der Waals surface area contributed by atoms with Crippen molar-refractivity contribution in [3.63, 3.8) is 0 Å².